The minimum atomic E-state index is 0.245. The van der Waals surface area contributed by atoms with Crippen molar-refractivity contribution >= 4 is 0 Å². The average molecular weight is 192 g/mol. The van der Waals surface area contributed by atoms with Gasteiger partial charge in [0.15, 0.2) is 0 Å². The molecule has 1 aliphatic rings. The van der Waals surface area contributed by atoms with Crippen LogP contribution in [0.3, 0.4) is 0 Å². The van der Waals surface area contributed by atoms with Crippen LogP contribution in [-0.4, -0.2) is 34.7 Å². The van der Waals surface area contributed by atoms with E-state index in [1.807, 2.05) is 6.92 Å². The molecule has 2 rings (SSSR count). The summed E-state index contributed by atoms with van der Waals surface area (Å²) in [6, 6.07) is 4.21. The second-order valence-corrected chi connectivity index (χ2v) is 3.81. The molecule has 0 aliphatic carbocycles. The first kappa shape index (κ1) is 9.62. The van der Waals surface area contributed by atoms with Crippen LogP contribution in [0.25, 0.3) is 0 Å². The van der Waals surface area contributed by atoms with Gasteiger partial charge in [-0.1, -0.05) is 6.07 Å². The Bertz CT molecular complexity index is 325. The predicted octanol–water partition coefficient (Wildman–Crippen LogP) is 0.740. The third kappa shape index (κ3) is 1.94. The summed E-state index contributed by atoms with van der Waals surface area (Å²) in [7, 11) is 0. The number of hydrogen-bond donors (Lipinski definition) is 1. The largest absolute Gasteiger partial charge is 0.395 e. The summed E-state index contributed by atoms with van der Waals surface area (Å²) in [5, 5.41) is 8.85. The van der Waals surface area contributed by atoms with E-state index in [0.717, 1.165) is 31.7 Å². The average Bonchev–Trinajstić information content (AvgIpc) is 2.19. The molecule has 3 heteroatoms. The number of hydrogen-bond acceptors (Lipinski definition) is 3. The summed E-state index contributed by atoms with van der Waals surface area (Å²) in [5.41, 5.74) is 3.65. The van der Waals surface area contributed by atoms with Crippen molar-refractivity contribution in [3.05, 3.63) is 29.1 Å². The predicted molar refractivity (Wildman–Crippen MR) is 55.0 cm³/mol. The summed E-state index contributed by atoms with van der Waals surface area (Å²) < 4.78 is 0. The van der Waals surface area contributed by atoms with Gasteiger partial charge in [0.1, 0.15) is 0 Å². The van der Waals surface area contributed by atoms with Crippen molar-refractivity contribution in [1.82, 2.24) is 9.88 Å². The van der Waals surface area contributed by atoms with E-state index in [0.29, 0.717) is 0 Å². The summed E-state index contributed by atoms with van der Waals surface area (Å²) in [5.74, 6) is 0. The second-order valence-electron chi connectivity index (χ2n) is 3.81. The first-order valence-corrected chi connectivity index (χ1v) is 5.08. The van der Waals surface area contributed by atoms with E-state index in [1.54, 1.807) is 0 Å². The maximum atomic E-state index is 8.85. The van der Waals surface area contributed by atoms with Crippen molar-refractivity contribution in [3.63, 3.8) is 0 Å². The maximum Gasteiger partial charge on any atom is 0.0558 e. The van der Waals surface area contributed by atoms with E-state index in [1.165, 1.54) is 11.3 Å². The molecule has 1 aliphatic heterocycles. The van der Waals surface area contributed by atoms with Gasteiger partial charge >= 0.3 is 0 Å². The molecule has 1 aromatic rings. The van der Waals surface area contributed by atoms with Crippen LogP contribution in [0, 0.1) is 6.92 Å². The summed E-state index contributed by atoms with van der Waals surface area (Å²) in [4.78, 5) is 6.78. The standard InChI is InChI=1S/C11H16N2O/c1-9-2-3-10-8-13(6-7-14)5-4-11(10)12-9/h2-3,14H,4-8H2,1H3. The van der Waals surface area contributed by atoms with Crippen molar-refractivity contribution in [3.8, 4) is 0 Å². The van der Waals surface area contributed by atoms with Gasteiger partial charge in [-0.05, 0) is 18.6 Å². The van der Waals surface area contributed by atoms with Gasteiger partial charge in [-0.3, -0.25) is 9.88 Å². The fraction of sp³-hybridized carbons (Fsp3) is 0.545. The SMILES string of the molecule is Cc1ccc2c(n1)CCN(CCO)C2. The van der Waals surface area contributed by atoms with E-state index in [4.69, 9.17) is 5.11 Å². The van der Waals surface area contributed by atoms with E-state index >= 15 is 0 Å². The van der Waals surface area contributed by atoms with Crippen molar-refractivity contribution in [2.75, 3.05) is 19.7 Å². The molecule has 1 aromatic heterocycles. The van der Waals surface area contributed by atoms with Gasteiger partial charge in [-0.25, -0.2) is 0 Å². The number of fused-ring (bicyclic) bond motifs is 1. The Hall–Kier alpha value is -0.930. The van der Waals surface area contributed by atoms with Crippen LogP contribution in [0.5, 0.6) is 0 Å². The van der Waals surface area contributed by atoms with Crippen molar-refractivity contribution in [2.45, 2.75) is 19.9 Å². The van der Waals surface area contributed by atoms with E-state index in [9.17, 15) is 0 Å². The van der Waals surface area contributed by atoms with Gasteiger partial charge in [-0.15, -0.1) is 0 Å². The lowest BCUT2D eigenvalue weighted by Gasteiger charge is -2.27. The van der Waals surface area contributed by atoms with Gasteiger partial charge in [0.05, 0.1) is 6.61 Å². The Balaban J connectivity index is 2.15. The fourth-order valence-corrected chi connectivity index (χ4v) is 1.92. The number of β-amino-alcohol motifs (C(OH)–C–C–N with tert-alkyl or cyclic N) is 1. The Morgan fingerprint density at radius 3 is 3.14 bits per heavy atom. The molecule has 0 spiro atoms. The van der Waals surface area contributed by atoms with Crippen LogP contribution in [0.1, 0.15) is 17.0 Å². The Labute approximate surface area is 84.4 Å². The molecule has 0 amide bonds. The van der Waals surface area contributed by atoms with Crippen molar-refractivity contribution in [2.24, 2.45) is 0 Å². The molecule has 14 heavy (non-hydrogen) atoms. The molecule has 0 fully saturated rings. The Morgan fingerprint density at radius 2 is 2.36 bits per heavy atom. The molecule has 0 atom stereocenters. The highest BCUT2D eigenvalue weighted by atomic mass is 16.3. The van der Waals surface area contributed by atoms with Gasteiger partial charge < -0.3 is 5.11 Å². The zero-order chi connectivity index (χ0) is 9.97. The summed E-state index contributed by atoms with van der Waals surface area (Å²) in [6.07, 6.45) is 1.01. The van der Waals surface area contributed by atoms with Crippen LogP contribution in [0.4, 0.5) is 0 Å². The van der Waals surface area contributed by atoms with Crippen LogP contribution in [0.2, 0.25) is 0 Å². The Kier molecular flexibility index (Phi) is 2.79. The molecule has 0 bridgehead atoms. The van der Waals surface area contributed by atoms with Crippen molar-refractivity contribution in [1.29, 1.82) is 0 Å². The lowest BCUT2D eigenvalue weighted by Crippen LogP contribution is -2.33. The monoisotopic (exact) mass is 192 g/mol. The highest BCUT2D eigenvalue weighted by Gasteiger charge is 2.16. The Morgan fingerprint density at radius 1 is 1.50 bits per heavy atom. The van der Waals surface area contributed by atoms with Gasteiger partial charge in [-0.2, -0.15) is 0 Å². The molecule has 0 saturated heterocycles. The molecule has 0 unspecified atom stereocenters. The number of nitrogens with zero attached hydrogens (tertiary/aromatic N) is 2. The number of aromatic nitrogens is 1. The van der Waals surface area contributed by atoms with Gasteiger partial charge in [0, 0.05) is 37.4 Å². The number of aliphatic hydroxyl groups excluding tert-OH is 1. The van der Waals surface area contributed by atoms with E-state index in [2.05, 4.69) is 22.0 Å². The number of aryl methyl sites for hydroxylation is 1. The fourth-order valence-electron chi connectivity index (χ4n) is 1.92. The van der Waals surface area contributed by atoms with E-state index < -0.39 is 0 Å². The highest BCUT2D eigenvalue weighted by Crippen LogP contribution is 2.16. The zero-order valence-electron chi connectivity index (χ0n) is 8.53. The minimum absolute atomic E-state index is 0.245. The first-order valence-electron chi connectivity index (χ1n) is 5.08. The minimum Gasteiger partial charge on any atom is -0.395 e. The third-order valence-corrected chi connectivity index (χ3v) is 2.68. The summed E-state index contributed by atoms with van der Waals surface area (Å²) >= 11 is 0. The smallest absolute Gasteiger partial charge is 0.0558 e. The van der Waals surface area contributed by atoms with Gasteiger partial charge in [0.2, 0.25) is 0 Å². The highest BCUT2D eigenvalue weighted by molar-refractivity contribution is 5.24. The third-order valence-electron chi connectivity index (χ3n) is 2.68. The number of rotatable bonds is 2. The normalized spacial score (nSPS) is 16.7. The maximum absolute atomic E-state index is 8.85. The van der Waals surface area contributed by atoms with Gasteiger partial charge in [0.25, 0.3) is 0 Å². The second kappa shape index (κ2) is 4.07. The first-order chi connectivity index (χ1) is 6.79. The summed E-state index contributed by atoms with van der Waals surface area (Å²) in [6.45, 7) is 5.00. The number of pyridine rings is 1. The lowest BCUT2D eigenvalue weighted by atomic mass is 10.1. The molecule has 0 radical (unpaired) electrons. The lowest BCUT2D eigenvalue weighted by molar-refractivity contribution is 0.183. The molecule has 0 saturated carbocycles. The topological polar surface area (TPSA) is 36.4 Å². The molecule has 76 valence electrons. The molecule has 0 aromatic carbocycles. The van der Waals surface area contributed by atoms with E-state index in [-0.39, 0.29) is 6.61 Å². The molecule has 2 heterocycles. The van der Waals surface area contributed by atoms with Crippen molar-refractivity contribution < 1.29 is 5.11 Å². The zero-order valence-corrected chi connectivity index (χ0v) is 8.53. The molecular formula is C11H16N2O. The number of aliphatic hydroxyl groups is 1. The van der Waals surface area contributed by atoms with Crippen LogP contribution in [0.15, 0.2) is 12.1 Å². The van der Waals surface area contributed by atoms with Crippen LogP contribution in [-0.2, 0) is 13.0 Å². The quantitative estimate of drug-likeness (QED) is 0.751. The molecular weight excluding hydrogens is 176 g/mol. The molecule has 1 N–H and O–H groups in total. The molecule has 3 nitrogen and oxygen atoms in total. The van der Waals surface area contributed by atoms with Crippen LogP contribution >= 0.6 is 0 Å². The van der Waals surface area contributed by atoms with Crippen LogP contribution < -0.4 is 0 Å².